The number of aromatic nitrogens is 6. The van der Waals surface area contributed by atoms with Crippen LogP contribution in [0.4, 0.5) is 0 Å². The van der Waals surface area contributed by atoms with Gasteiger partial charge in [0.25, 0.3) is 0 Å². The summed E-state index contributed by atoms with van der Waals surface area (Å²) in [5, 5.41) is 2.41. The summed E-state index contributed by atoms with van der Waals surface area (Å²) in [5.74, 6) is 2.44. The van der Waals surface area contributed by atoms with E-state index in [0.717, 1.165) is 61.5 Å². The topological polar surface area (TPSA) is 69.4 Å². The van der Waals surface area contributed by atoms with Crippen LogP contribution in [0.15, 0.2) is 182 Å². The molecule has 10 aromatic rings. The highest BCUT2D eigenvalue weighted by molar-refractivity contribution is 6.10. The summed E-state index contributed by atoms with van der Waals surface area (Å²) >= 11 is 0. The van der Waals surface area contributed by atoms with Gasteiger partial charge < -0.3 is 4.57 Å². The average Bonchev–Trinajstić information content (AvgIpc) is 3.59. The molecule has 7 aromatic carbocycles. The zero-order chi connectivity index (χ0) is 38.3. The van der Waals surface area contributed by atoms with Crippen LogP contribution in [0.5, 0.6) is 0 Å². The van der Waals surface area contributed by atoms with Crippen LogP contribution in [0.1, 0.15) is 11.1 Å². The first-order valence-corrected chi connectivity index (χ1v) is 19.1. The van der Waals surface area contributed by atoms with Crippen LogP contribution in [0.2, 0.25) is 0 Å². The second kappa shape index (κ2) is 14.3. The minimum atomic E-state index is 0.574. The Kier molecular flexibility index (Phi) is 8.49. The number of aryl methyl sites for hydroxylation is 2. The molecule has 0 aliphatic heterocycles. The van der Waals surface area contributed by atoms with E-state index < -0.39 is 0 Å². The van der Waals surface area contributed by atoms with E-state index in [0.29, 0.717) is 23.3 Å². The maximum atomic E-state index is 5.35. The molecule has 0 aliphatic carbocycles. The molecule has 3 aromatic heterocycles. The van der Waals surface area contributed by atoms with Gasteiger partial charge >= 0.3 is 0 Å². The molecule has 0 aliphatic rings. The van der Waals surface area contributed by atoms with E-state index in [-0.39, 0.29) is 0 Å². The maximum Gasteiger partial charge on any atom is 0.164 e. The molecule has 57 heavy (non-hydrogen) atoms. The normalized spacial score (nSPS) is 11.3. The monoisotopic (exact) mass is 732 g/mol. The van der Waals surface area contributed by atoms with Gasteiger partial charge in [-0.25, -0.2) is 24.9 Å². The third-order valence-corrected chi connectivity index (χ3v) is 10.4. The van der Waals surface area contributed by atoms with Gasteiger partial charge in [-0.2, -0.15) is 0 Å². The molecular formula is C51H36N6. The molecule has 0 spiro atoms. The van der Waals surface area contributed by atoms with Gasteiger partial charge in [-0.3, -0.25) is 0 Å². The number of nitrogens with zero attached hydrogens (tertiary/aromatic N) is 6. The number of hydrogen-bond donors (Lipinski definition) is 0. The lowest BCUT2D eigenvalue weighted by Gasteiger charge is -2.17. The molecule has 6 nitrogen and oxygen atoms in total. The zero-order valence-electron chi connectivity index (χ0n) is 31.5. The Bertz CT molecular complexity index is 2890. The largest absolute Gasteiger partial charge is 0.309 e. The van der Waals surface area contributed by atoms with Crippen LogP contribution in [-0.4, -0.2) is 29.5 Å². The minimum absolute atomic E-state index is 0.574. The predicted octanol–water partition coefficient (Wildman–Crippen LogP) is 12.4. The van der Waals surface area contributed by atoms with Gasteiger partial charge in [0.15, 0.2) is 23.3 Å². The summed E-state index contributed by atoms with van der Waals surface area (Å²) in [6, 6.07) is 62.6. The van der Waals surface area contributed by atoms with Crippen molar-refractivity contribution >= 4 is 21.8 Å². The summed E-state index contributed by atoms with van der Waals surface area (Å²) < 4.78 is 2.37. The van der Waals surface area contributed by atoms with Crippen LogP contribution in [0, 0.1) is 13.8 Å². The third kappa shape index (κ3) is 6.43. The summed E-state index contributed by atoms with van der Waals surface area (Å²) in [5.41, 5.74) is 12.8. The fourth-order valence-electron chi connectivity index (χ4n) is 7.58. The third-order valence-electron chi connectivity index (χ3n) is 10.4. The summed E-state index contributed by atoms with van der Waals surface area (Å²) in [6.45, 7) is 4.30. The molecule has 0 saturated heterocycles. The Hall–Kier alpha value is -7.57. The van der Waals surface area contributed by atoms with E-state index in [2.05, 4.69) is 103 Å². The first-order valence-electron chi connectivity index (χ1n) is 19.1. The highest BCUT2D eigenvalue weighted by Crippen LogP contribution is 2.39. The lowest BCUT2D eigenvalue weighted by Crippen LogP contribution is -2.03. The summed E-state index contributed by atoms with van der Waals surface area (Å²) in [6.07, 6.45) is 0. The van der Waals surface area contributed by atoms with Crippen LogP contribution in [0.25, 0.3) is 95.6 Å². The van der Waals surface area contributed by atoms with E-state index in [1.54, 1.807) is 0 Å². The highest BCUT2D eigenvalue weighted by atomic mass is 15.0. The Morgan fingerprint density at radius 3 is 1.25 bits per heavy atom. The number of benzene rings is 7. The van der Waals surface area contributed by atoms with Gasteiger partial charge in [0, 0.05) is 44.2 Å². The van der Waals surface area contributed by atoms with Crippen LogP contribution >= 0.6 is 0 Å². The fourth-order valence-corrected chi connectivity index (χ4v) is 7.58. The smallest absolute Gasteiger partial charge is 0.164 e. The molecule has 0 amide bonds. The molecule has 3 heterocycles. The minimum Gasteiger partial charge on any atom is -0.309 e. The molecule has 0 N–H and O–H groups in total. The van der Waals surface area contributed by atoms with Crippen molar-refractivity contribution in [1.29, 1.82) is 0 Å². The van der Waals surface area contributed by atoms with Crippen LogP contribution in [0.3, 0.4) is 0 Å². The van der Waals surface area contributed by atoms with Gasteiger partial charge in [-0.15, -0.1) is 0 Å². The Morgan fingerprint density at radius 1 is 0.333 bits per heavy atom. The number of fused-ring (bicyclic) bond motifs is 3. The summed E-state index contributed by atoms with van der Waals surface area (Å²) in [7, 11) is 0. The van der Waals surface area contributed by atoms with Gasteiger partial charge in [-0.1, -0.05) is 145 Å². The van der Waals surface area contributed by atoms with Crippen molar-refractivity contribution in [3.63, 3.8) is 0 Å². The second-order valence-corrected chi connectivity index (χ2v) is 14.3. The standard InChI is InChI=1S/C51H36N6/c1-33-23-26-45-40(29-33)41-30-34(2)24-27-46(41)57(45)47-28-25-39(51-55-49(37-19-11-5-12-20-37)54-50(56-51)38-21-13-6-14-22-38)31-42(47)44-32-43(35-15-7-3-8-16-35)52-48(53-44)36-17-9-4-10-18-36/h3-32H,1-2H3. The Labute approximate surface area is 330 Å². The second-order valence-electron chi connectivity index (χ2n) is 14.3. The van der Waals surface area contributed by atoms with E-state index in [1.807, 2.05) is 97.1 Å². The molecule has 0 unspecified atom stereocenters. The zero-order valence-corrected chi connectivity index (χ0v) is 31.5. The molecular weight excluding hydrogens is 697 g/mol. The van der Waals surface area contributed by atoms with Crippen molar-refractivity contribution < 1.29 is 0 Å². The highest BCUT2D eigenvalue weighted by Gasteiger charge is 2.21. The first kappa shape index (κ1) is 34.0. The lowest BCUT2D eigenvalue weighted by molar-refractivity contribution is 1.07. The van der Waals surface area contributed by atoms with Crippen molar-refractivity contribution in [1.82, 2.24) is 29.5 Å². The SMILES string of the molecule is Cc1ccc2c(c1)c1cc(C)ccc1n2-c1ccc(-c2nc(-c3ccccc3)nc(-c3ccccc3)n2)cc1-c1cc(-c2ccccc2)nc(-c2ccccc2)n1. The molecule has 270 valence electrons. The van der Waals surface area contributed by atoms with Crippen molar-refractivity contribution in [3.8, 4) is 73.8 Å². The molecule has 0 atom stereocenters. The Morgan fingerprint density at radius 2 is 0.754 bits per heavy atom. The summed E-state index contributed by atoms with van der Waals surface area (Å²) in [4.78, 5) is 25.7. The van der Waals surface area contributed by atoms with Gasteiger partial charge in [0.1, 0.15) is 0 Å². The first-order chi connectivity index (χ1) is 28.1. The van der Waals surface area contributed by atoms with Crippen molar-refractivity contribution in [2.45, 2.75) is 13.8 Å². The Balaban J connectivity index is 1.28. The molecule has 10 rings (SSSR count). The van der Waals surface area contributed by atoms with Crippen molar-refractivity contribution in [2.24, 2.45) is 0 Å². The van der Waals surface area contributed by atoms with Gasteiger partial charge in [0.2, 0.25) is 0 Å². The average molecular weight is 733 g/mol. The number of hydrogen-bond acceptors (Lipinski definition) is 5. The van der Waals surface area contributed by atoms with Gasteiger partial charge in [-0.05, 0) is 62.4 Å². The number of rotatable bonds is 7. The molecule has 6 heteroatoms. The molecule has 0 saturated carbocycles. The molecule has 0 bridgehead atoms. The van der Waals surface area contributed by atoms with Crippen LogP contribution < -0.4 is 0 Å². The van der Waals surface area contributed by atoms with E-state index in [1.165, 1.54) is 21.9 Å². The lowest BCUT2D eigenvalue weighted by atomic mass is 10.0. The quantitative estimate of drug-likeness (QED) is 0.163. The van der Waals surface area contributed by atoms with Gasteiger partial charge in [0.05, 0.1) is 28.1 Å². The molecule has 0 radical (unpaired) electrons. The van der Waals surface area contributed by atoms with Crippen molar-refractivity contribution in [3.05, 3.63) is 193 Å². The predicted molar refractivity (Wildman–Crippen MR) is 232 cm³/mol. The van der Waals surface area contributed by atoms with E-state index in [4.69, 9.17) is 24.9 Å². The van der Waals surface area contributed by atoms with Crippen LogP contribution in [-0.2, 0) is 0 Å². The van der Waals surface area contributed by atoms with Crippen molar-refractivity contribution in [2.75, 3.05) is 0 Å². The van der Waals surface area contributed by atoms with E-state index >= 15 is 0 Å². The maximum absolute atomic E-state index is 5.35. The van der Waals surface area contributed by atoms with E-state index in [9.17, 15) is 0 Å². The molecule has 0 fully saturated rings. The fraction of sp³-hybridized carbons (Fsp3) is 0.0392.